The van der Waals surface area contributed by atoms with E-state index in [2.05, 4.69) is 9.71 Å². The average Bonchev–Trinajstić information content (AvgIpc) is 2.92. The highest BCUT2D eigenvalue weighted by Gasteiger charge is 2.30. The molecule has 0 amide bonds. The van der Waals surface area contributed by atoms with E-state index in [1.807, 2.05) is 12.3 Å². The molecule has 1 aromatic carbocycles. The topological polar surface area (TPSA) is 85.1 Å². The second-order valence-corrected chi connectivity index (χ2v) is 8.00. The number of nitrogens with two attached hydrogens (primary N) is 1. The molecule has 2 rings (SSSR count). The van der Waals surface area contributed by atoms with Crippen molar-refractivity contribution in [3.05, 3.63) is 46.4 Å². The maximum atomic E-state index is 12.5. The van der Waals surface area contributed by atoms with Crippen LogP contribution in [0.5, 0.6) is 0 Å². The van der Waals surface area contributed by atoms with Crippen molar-refractivity contribution in [1.29, 1.82) is 0 Å². The van der Waals surface area contributed by atoms with E-state index in [9.17, 15) is 8.42 Å². The van der Waals surface area contributed by atoms with Gasteiger partial charge < -0.3 is 5.73 Å². The summed E-state index contributed by atoms with van der Waals surface area (Å²) < 4.78 is 27.6. The number of hydrogen-bond donors (Lipinski definition) is 2. The lowest BCUT2D eigenvalue weighted by Crippen LogP contribution is -2.40. The van der Waals surface area contributed by atoms with Crippen LogP contribution in [0.3, 0.4) is 0 Å². The Morgan fingerprint density at radius 3 is 2.38 bits per heavy atom. The zero-order valence-electron chi connectivity index (χ0n) is 12.2. The number of rotatable bonds is 5. The highest BCUT2D eigenvalue weighted by Crippen LogP contribution is 2.25. The number of hydrogen-bond acceptors (Lipinski definition) is 5. The number of nitrogens with one attached hydrogen (secondary N) is 1. The molecule has 0 bridgehead atoms. The van der Waals surface area contributed by atoms with Crippen LogP contribution in [0.2, 0.25) is 0 Å². The minimum absolute atomic E-state index is 0.124. The van der Waals surface area contributed by atoms with Gasteiger partial charge in [0.1, 0.15) is 5.01 Å². The molecule has 1 heterocycles. The van der Waals surface area contributed by atoms with Crippen LogP contribution in [0.15, 0.2) is 40.7 Å². The van der Waals surface area contributed by atoms with Gasteiger partial charge in [0.25, 0.3) is 0 Å². The molecule has 3 N–H and O–H groups in total. The predicted molar refractivity (Wildman–Crippen MR) is 84.5 cm³/mol. The summed E-state index contributed by atoms with van der Waals surface area (Å²) in [6.45, 7) is 5.44. The largest absolute Gasteiger partial charge is 0.324 e. The highest BCUT2D eigenvalue weighted by molar-refractivity contribution is 7.89. The molecule has 0 radical (unpaired) electrons. The van der Waals surface area contributed by atoms with E-state index in [0.29, 0.717) is 0 Å². The first-order chi connectivity index (χ1) is 9.72. The molecule has 1 aromatic heterocycles. The second kappa shape index (κ2) is 5.84. The van der Waals surface area contributed by atoms with Gasteiger partial charge in [-0.1, -0.05) is 12.1 Å². The molecule has 7 heteroatoms. The van der Waals surface area contributed by atoms with Crippen LogP contribution in [0.1, 0.15) is 37.4 Å². The molecule has 0 fully saturated rings. The smallest absolute Gasteiger partial charge is 0.241 e. The lowest BCUT2D eigenvalue weighted by Gasteiger charge is -2.23. The Morgan fingerprint density at radius 1 is 1.29 bits per heavy atom. The third-order valence-corrected chi connectivity index (χ3v) is 5.84. The number of sulfonamides is 1. The van der Waals surface area contributed by atoms with Gasteiger partial charge in [-0.3, -0.25) is 0 Å². The number of thiazole rings is 1. The van der Waals surface area contributed by atoms with Gasteiger partial charge in [0, 0.05) is 17.6 Å². The lowest BCUT2D eigenvalue weighted by molar-refractivity contribution is 0.470. The molecule has 2 aromatic rings. The molecule has 0 aliphatic carbocycles. The zero-order chi connectivity index (χ0) is 15.7. The summed E-state index contributed by atoms with van der Waals surface area (Å²) in [4.78, 5) is 4.40. The minimum Gasteiger partial charge on any atom is -0.324 e. The van der Waals surface area contributed by atoms with Crippen LogP contribution in [0.25, 0.3) is 0 Å². The van der Waals surface area contributed by atoms with Crippen molar-refractivity contribution in [2.45, 2.75) is 37.2 Å². The first-order valence-corrected chi connectivity index (χ1v) is 8.88. The van der Waals surface area contributed by atoms with Crippen molar-refractivity contribution < 1.29 is 8.42 Å². The first kappa shape index (κ1) is 16.1. The Morgan fingerprint density at radius 2 is 1.90 bits per heavy atom. The van der Waals surface area contributed by atoms with Gasteiger partial charge in [0.05, 0.1) is 10.4 Å². The van der Waals surface area contributed by atoms with E-state index < -0.39 is 15.6 Å². The predicted octanol–water partition coefficient (Wildman–Crippen LogP) is 2.38. The average molecular weight is 325 g/mol. The molecule has 1 atom stereocenters. The maximum Gasteiger partial charge on any atom is 0.241 e. The van der Waals surface area contributed by atoms with Crippen LogP contribution in [-0.2, 0) is 15.6 Å². The van der Waals surface area contributed by atoms with Crippen molar-refractivity contribution in [2.75, 3.05) is 0 Å². The molecule has 0 saturated carbocycles. The normalized spacial score (nSPS) is 14.1. The number of benzene rings is 1. The fourth-order valence-electron chi connectivity index (χ4n) is 1.92. The summed E-state index contributed by atoms with van der Waals surface area (Å²) in [5.74, 6) is 0. The van der Waals surface area contributed by atoms with E-state index in [-0.39, 0.29) is 10.9 Å². The fourth-order valence-corrected chi connectivity index (χ4v) is 4.08. The molecule has 114 valence electrons. The second-order valence-electron chi connectivity index (χ2n) is 5.43. The Balaban J connectivity index is 2.26. The Bertz CT molecular complexity index is 690. The lowest BCUT2D eigenvalue weighted by atomic mass is 10.1. The highest BCUT2D eigenvalue weighted by atomic mass is 32.2. The SMILES string of the molecule is CC(N)c1ccc(S(=O)(=O)NC(C)(C)c2nccs2)cc1. The van der Waals surface area contributed by atoms with Gasteiger partial charge in [-0.25, -0.2) is 13.4 Å². The van der Waals surface area contributed by atoms with Crippen molar-refractivity contribution in [1.82, 2.24) is 9.71 Å². The Hall–Kier alpha value is -1.28. The van der Waals surface area contributed by atoms with Crippen LogP contribution in [0, 0.1) is 0 Å². The van der Waals surface area contributed by atoms with E-state index in [0.717, 1.165) is 10.6 Å². The van der Waals surface area contributed by atoms with Crippen molar-refractivity contribution in [3.8, 4) is 0 Å². The third kappa shape index (κ3) is 3.68. The summed E-state index contributed by atoms with van der Waals surface area (Å²) in [7, 11) is -3.61. The quantitative estimate of drug-likeness (QED) is 0.884. The van der Waals surface area contributed by atoms with E-state index in [1.54, 1.807) is 44.3 Å². The van der Waals surface area contributed by atoms with Crippen molar-refractivity contribution in [2.24, 2.45) is 5.73 Å². The van der Waals surface area contributed by atoms with Crippen LogP contribution in [-0.4, -0.2) is 13.4 Å². The molecule has 0 saturated heterocycles. The number of aromatic nitrogens is 1. The van der Waals surface area contributed by atoms with Gasteiger partial charge in [-0.15, -0.1) is 11.3 Å². The molecule has 1 unspecified atom stereocenters. The molecule has 21 heavy (non-hydrogen) atoms. The van der Waals surface area contributed by atoms with Gasteiger partial charge in [-0.2, -0.15) is 4.72 Å². The Kier molecular flexibility index (Phi) is 4.48. The third-order valence-electron chi connectivity index (χ3n) is 3.07. The number of nitrogens with zero attached hydrogens (tertiary/aromatic N) is 1. The molecular weight excluding hydrogens is 306 g/mol. The van der Waals surface area contributed by atoms with E-state index >= 15 is 0 Å². The first-order valence-electron chi connectivity index (χ1n) is 6.52. The molecule has 0 spiro atoms. The maximum absolute atomic E-state index is 12.5. The van der Waals surface area contributed by atoms with Crippen LogP contribution < -0.4 is 10.5 Å². The van der Waals surface area contributed by atoms with Crippen molar-refractivity contribution in [3.63, 3.8) is 0 Å². The van der Waals surface area contributed by atoms with Gasteiger partial charge in [-0.05, 0) is 38.5 Å². The standard InChI is InChI=1S/C14H19N3O2S2/c1-10(15)11-4-6-12(7-5-11)21(18,19)17-14(2,3)13-16-8-9-20-13/h4-10,17H,15H2,1-3H3. The monoisotopic (exact) mass is 325 g/mol. The summed E-state index contributed by atoms with van der Waals surface area (Å²) in [6.07, 6.45) is 1.66. The minimum atomic E-state index is -3.61. The summed E-state index contributed by atoms with van der Waals surface area (Å²) in [5, 5.41) is 2.54. The molecule has 0 aliphatic rings. The van der Waals surface area contributed by atoms with Crippen molar-refractivity contribution >= 4 is 21.4 Å². The van der Waals surface area contributed by atoms with Crippen LogP contribution in [0.4, 0.5) is 0 Å². The summed E-state index contributed by atoms with van der Waals surface area (Å²) in [6, 6.07) is 6.48. The summed E-state index contributed by atoms with van der Waals surface area (Å²) >= 11 is 1.42. The van der Waals surface area contributed by atoms with E-state index in [1.165, 1.54) is 11.3 Å². The van der Waals surface area contributed by atoms with Gasteiger partial charge in [0.15, 0.2) is 0 Å². The fraction of sp³-hybridized carbons (Fsp3) is 0.357. The molecule has 5 nitrogen and oxygen atoms in total. The molecule has 0 aliphatic heterocycles. The zero-order valence-corrected chi connectivity index (χ0v) is 13.8. The molecular formula is C14H19N3O2S2. The summed E-state index contributed by atoms with van der Waals surface area (Å²) in [5.41, 5.74) is 5.91. The van der Waals surface area contributed by atoms with E-state index in [4.69, 9.17) is 5.73 Å². The van der Waals surface area contributed by atoms with Gasteiger partial charge >= 0.3 is 0 Å². The van der Waals surface area contributed by atoms with Crippen LogP contribution >= 0.6 is 11.3 Å². The Labute approximate surface area is 129 Å². The van der Waals surface area contributed by atoms with Gasteiger partial charge in [0.2, 0.25) is 10.0 Å².